The van der Waals surface area contributed by atoms with Crippen LogP contribution in [-0.4, -0.2) is 47.5 Å². The van der Waals surface area contributed by atoms with Crippen molar-refractivity contribution in [1.82, 2.24) is 9.88 Å². The lowest BCUT2D eigenvalue weighted by Gasteiger charge is -2.32. The van der Waals surface area contributed by atoms with Gasteiger partial charge in [-0.3, -0.25) is 9.69 Å². The lowest BCUT2D eigenvalue weighted by atomic mass is 10.0. The molecule has 0 radical (unpaired) electrons. The van der Waals surface area contributed by atoms with Gasteiger partial charge in [-0.15, -0.1) is 0 Å². The van der Waals surface area contributed by atoms with Gasteiger partial charge in [0.25, 0.3) is 0 Å². The van der Waals surface area contributed by atoms with Gasteiger partial charge in [-0.05, 0) is 51.4 Å². The van der Waals surface area contributed by atoms with Crippen LogP contribution in [0.1, 0.15) is 43.6 Å². The zero-order valence-electron chi connectivity index (χ0n) is 15.1. The van der Waals surface area contributed by atoms with Gasteiger partial charge < -0.3 is 15.0 Å². The number of nitrogens with one attached hydrogen (secondary N) is 2. The Balaban J connectivity index is 1.87. The van der Waals surface area contributed by atoms with Gasteiger partial charge >= 0.3 is 5.97 Å². The Kier molecular flexibility index (Phi) is 5.56. The average molecular weight is 361 g/mol. The van der Waals surface area contributed by atoms with Crippen LogP contribution in [0.4, 0.5) is 10.1 Å². The Bertz CT molecular complexity index is 818. The number of carbonyl (C=O) groups is 2. The van der Waals surface area contributed by atoms with Crippen molar-refractivity contribution in [2.24, 2.45) is 0 Å². The summed E-state index contributed by atoms with van der Waals surface area (Å²) >= 11 is 0. The van der Waals surface area contributed by atoms with Crippen LogP contribution in [0.25, 0.3) is 10.9 Å². The second kappa shape index (κ2) is 7.86. The number of aromatic amines is 1. The summed E-state index contributed by atoms with van der Waals surface area (Å²) in [5.41, 5.74) is 0.969. The van der Waals surface area contributed by atoms with Crippen molar-refractivity contribution >= 4 is 28.5 Å². The number of likely N-dealkylation sites (tertiary alicyclic amines) is 1. The first-order chi connectivity index (χ1) is 12.5. The number of aromatic nitrogens is 1. The van der Waals surface area contributed by atoms with Gasteiger partial charge in [0.1, 0.15) is 11.5 Å². The molecular weight excluding hydrogens is 337 g/mol. The number of esters is 1. The highest BCUT2D eigenvalue weighted by Crippen LogP contribution is 2.29. The number of carbonyl (C=O) groups excluding carboxylic acids is 2. The molecule has 1 saturated heterocycles. The van der Waals surface area contributed by atoms with Gasteiger partial charge in [-0.1, -0.05) is 6.42 Å². The number of amides is 1. The first kappa shape index (κ1) is 18.4. The Hall–Kier alpha value is -2.41. The number of benzene rings is 1. The summed E-state index contributed by atoms with van der Waals surface area (Å²) in [6.07, 6.45) is 3.32. The molecule has 3 rings (SSSR count). The summed E-state index contributed by atoms with van der Waals surface area (Å²) in [5.74, 6) is -1.24. The zero-order valence-corrected chi connectivity index (χ0v) is 15.1. The molecule has 140 valence electrons. The van der Waals surface area contributed by atoms with Gasteiger partial charge in [0, 0.05) is 16.9 Å². The van der Waals surface area contributed by atoms with Gasteiger partial charge in [0.15, 0.2) is 0 Å². The number of hydrogen-bond donors (Lipinski definition) is 2. The number of ether oxygens (including phenoxy) is 1. The van der Waals surface area contributed by atoms with Crippen molar-refractivity contribution in [2.45, 2.75) is 39.2 Å². The minimum absolute atomic E-state index is 0.132. The van der Waals surface area contributed by atoms with Crippen LogP contribution in [0, 0.1) is 5.82 Å². The monoisotopic (exact) mass is 361 g/mol. The number of hydrogen-bond acceptors (Lipinski definition) is 4. The predicted molar refractivity (Wildman–Crippen MR) is 97.7 cm³/mol. The molecule has 1 aromatic heterocycles. The number of halogens is 1. The number of H-pyrrole nitrogens is 1. The molecule has 1 aromatic carbocycles. The van der Waals surface area contributed by atoms with E-state index in [1.807, 2.05) is 0 Å². The molecule has 0 bridgehead atoms. The fourth-order valence-corrected chi connectivity index (χ4v) is 3.41. The second-order valence-corrected chi connectivity index (χ2v) is 6.65. The Morgan fingerprint density at radius 2 is 2.19 bits per heavy atom. The maximum Gasteiger partial charge on any atom is 0.356 e. The molecule has 26 heavy (non-hydrogen) atoms. The number of anilines is 1. The van der Waals surface area contributed by atoms with E-state index >= 15 is 0 Å². The molecule has 0 aliphatic carbocycles. The van der Waals surface area contributed by atoms with E-state index in [9.17, 15) is 14.0 Å². The molecule has 0 unspecified atom stereocenters. The Morgan fingerprint density at radius 3 is 2.92 bits per heavy atom. The van der Waals surface area contributed by atoms with E-state index in [-0.39, 0.29) is 30.4 Å². The van der Waals surface area contributed by atoms with Crippen LogP contribution in [0.2, 0.25) is 0 Å². The fourth-order valence-electron chi connectivity index (χ4n) is 3.41. The largest absolute Gasteiger partial charge is 0.461 e. The maximum absolute atomic E-state index is 13.7. The van der Waals surface area contributed by atoms with Crippen molar-refractivity contribution in [1.29, 1.82) is 0 Å². The molecule has 0 saturated carbocycles. The molecular formula is C19H24FN3O3. The summed E-state index contributed by atoms with van der Waals surface area (Å²) in [5, 5.41) is 3.24. The lowest BCUT2D eigenvalue weighted by molar-refractivity contribution is -0.118. The molecule has 1 fully saturated rings. The highest BCUT2D eigenvalue weighted by molar-refractivity contribution is 6.11. The number of fused-ring (bicyclic) bond motifs is 1. The summed E-state index contributed by atoms with van der Waals surface area (Å²) in [7, 11) is 0. The standard InChI is InChI=1S/C19H24FN3O3/c1-3-26-19(25)18-17(14-10-13(20)7-8-15(14)21-18)22-16(24)11-23-9-5-4-6-12(23)2/h7-8,10,12,21H,3-6,9,11H2,1-2H3,(H,22,24)/t12-/m0/s1. The molecule has 6 nitrogen and oxygen atoms in total. The molecule has 0 spiro atoms. The molecule has 2 N–H and O–H groups in total. The van der Waals surface area contributed by atoms with E-state index in [1.165, 1.54) is 24.6 Å². The van der Waals surface area contributed by atoms with Crippen molar-refractivity contribution in [3.05, 3.63) is 29.7 Å². The molecule has 7 heteroatoms. The average Bonchev–Trinajstić information content (AvgIpc) is 2.95. The second-order valence-electron chi connectivity index (χ2n) is 6.65. The third-order valence-corrected chi connectivity index (χ3v) is 4.79. The summed E-state index contributed by atoms with van der Waals surface area (Å²) in [6.45, 7) is 5.14. The number of piperidine rings is 1. The van der Waals surface area contributed by atoms with Crippen LogP contribution in [0.15, 0.2) is 18.2 Å². The van der Waals surface area contributed by atoms with E-state index in [4.69, 9.17) is 4.74 Å². The highest BCUT2D eigenvalue weighted by Gasteiger charge is 2.24. The van der Waals surface area contributed by atoms with Crippen molar-refractivity contribution < 1.29 is 18.7 Å². The van der Waals surface area contributed by atoms with Crippen LogP contribution < -0.4 is 5.32 Å². The third-order valence-electron chi connectivity index (χ3n) is 4.79. The number of nitrogens with zero attached hydrogens (tertiary/aromatic N) is 1. The maximum atomic E-state index is 13.7. The molecule has 2 aromatic rings. The van der Waals surface area contributed by atoms with E-state index < -0.39 is 11.8 Å². The zero-order chi connectivity index (χ0) is 18.7. The molecule has 1 amide bonds. The van der Waals surface area contributed by atoms with E-state index in [2.05, 4.69) is 22.1 Å². The van der Waals surface area contributed by atoms with Gasteiger partial charge in [0.2, 0.25) is 5.91 Å². The van der Waals surface area contributed by atoms with E-state index in [0.29, 0.717) is 16.9 Å². The SMILES string of the molecule is CCOC(=O)c1[nH]c2ccc(F)cc2c1NC(=O)CN1CCCC[C@@H]1C. The lowest BCUT2D eigenvalue weighted by Crippen LogP contribution is -2.42. The first-order valence-electron chi connectivity index (χ1n) is 9.01. The van der Waals surface area contributed by atoms with Crippen LogP contribution in [0.5, 0.6) is 0 Å². The fraction of sp³-hybridized carbons (Fsp3) is 0.474. The minimum atomic E-state index is -0.578. The van der Waals surface area contributed by atoms with Gasteiger partial charge in [-0.25, -0.2) is 9.18 Å². The smallest absolute Gasteiger partial charge is 0.356 e. The van der Waals surface area contributed by atoms with Crippen LogP contribution in [-0.2, 0) is 9.53 Å². The normalized spacial score (nSPS) is 18.0. The summed E-state index contributed by atoms with van der Waals surface area (Å²) in [6, 6.07) is 4.48. The number of rotatable bonds is 5. The minimum Gasteiger partial charge on any atom is -0.461 e. The van der Waals surface area contributed by atoms with Crippen molar-refractivity contribution in [2.75, 3.05) is 25.0 Å². The quantitative estimate of drug-likeness (QED) is 0.802. The summed E-state index contributed by atoms with van der Waals surface area (Å²) < 4.78 is 18.7. The Morgan fingerprint density at radius 1 is 1.38 bits per heavy atom. The van der Waals surface area contributed by atoms with Crippen molar-refractivity contribution in [3.8, 4) is 0 Å². The van der Waals surface area contributed by atoms with Crippen LogP contribution >= 0.6 is 0 Å². The molecule has 1 atom stereocenters. The Labute approximate surface area is 151 Å². The molecule has 1 aliphatic heterocycles. The topological polar surface area (TPSA) is 74.4 Å². The van der Waals surface area contributed by atoms with E-state index in [0.717, 1.165) is 19.4 Å². The first-order valence-corrected chi connectivity index (χ1v) is 9.01. The van der Waals surface area contributed by atoms with E-state index in [1.54, 1.807) is 6.92 Å². The third kappa shape index (κ3) is 3.88. The molecule has 1 aliphatic rings. The predicted octanol–water partition coefficient (Wildman–Crippen LogP) is 3.30. The van der Waals surface area contributed by atoms with Crippen molar-refractivity contribution in [3.63, 3.8) is 0 Å². The van der Waals surface area contributed by atoms with Gasteiger partial charge in [-0.2, -0.15) is 0 Å². The van der Waals surface area contributed by atoms with Crippen LogP contribution in [0.3, 0.4) is 0 Å². The summed E-state index contributed by atoms with van der Waals surface area (Å²) in [4.78, 5) is 29.9. The van der Waals surface area contributed by atoms with Gasteiger partial charge in [0.05, 0.1) is 18.8 Å². The highest BCUT2D eigenvalue weighted by atomic mass is 19.1. The molecule has 2 heterocycles.